The Morgan fingerprint density at radius 2 is 2.22 bits per heavy atom. The highest BCUT2D eigenvalue weighted by Crippen LogP contribution is 2.04. The lowest BCUT2D eigenvalue weighted by atomic mass is 10.00. The Labute approximate surface area is 55.2 Å². The molecule has 0 spiro atoms. The number of nitrogens with two attached hydrogens (primary N) is 1. The lowest BCUT2D eigenvalue weighted by Crippen LogP contribution is -2.48. The van der Waals surface area contributed by atoms with Crippen molar-refractivity contribution in [2.45, 2.75) is 25.5 Å². The van der Waals surface area contributed by atoms with E-state index in [9.17, 15) is 4.79 Å². The first-order valence-corrected chi connectivity index (χ1v) is 2.82. The third-order valence-electron chi connectivity index (χ3n) is 1.48. The summed E-state index contributed by atoms with van der Waals surface area (Å²) in [4.78, 5) is 10.2. The second-order valence-corrected chi connectivity index (χ2v) is 2.36. The van der Waals surface area contributed by atoms with Crippen LogP contribution in [0.15, 0.2) is 0 Å². The molecule has 0 saturated heterocycles. The molecule has 3 nitrogen and oxygen atoms in total. The van der Waals surface area contributed by atoms with Crippen LogP contribution in [-0.4, -0.2) is 25.0 Å². The van der Waals surface area contributed by atoms with Crippen LogP contribution in [-0.2, 0) is 9.53 Å². The van der Waals surface area contributed by atoms with Gasteiger partial charge in [0.2, 0.25) is 0 Å². The third-order valence-corrected chi connectivity index (χ3v) is 1.48. The Bertz CT molecular complexity index is 101. The molecule has 0 aromatic heterocycles. The monoisotopic (exact) mass is 131 g/mol. The molecule has 54 valence electrons. The van der Waals surface area contributed by atoms with Crippen LogP contribution in [0.2, 0.25) is 0 Å². The van der Waals surface area contributed by atoms with Crippen LogP contribution in [0.1, 0.15) is 13.8 Å². The van der Waals surface area contributed by atoms with Gasteiger partial charge in [-0.1, -0.05) is 0 Å². The van der Waals surface area contributed by atoms with Gasteiger partial charge in [-0.2, -0.15) is 0 Å². The summed E-state index contributed by atoms with van der Waals surface area (Å²) in [7, 11) is 1.53. The zero-order valence-corrected chi connectivity index (χ0v) is 6.05. The van der Waals surface area contributed by atoms with Gasteiger partial charge in [0.15, 0.2) is 0 Å². The van der Waals surface area contributed by atoms with E-state index in [4.69, 9.17) is 10.5 Å². The second-order valence-electron chi connectivity index (χ2n) is 2.36. The van der Waals surface area contributed by atoms with Crippen molar-refractivity contribution in [1.82, 2.24) is 0 Å². The van der Waals surface area contributed by atoms with Crippen molar-refractivity contribution in [3.63, 3.8) is 0 Å². The Morgan fingerprint density at radius 1 is 1.78 bits per heavy atom. The molecule has 0 radical (unpaired) electrons. The number of carbonyl (C=O) groups is 1. The highest BCUT2D eigenvalue weighted by Gasteiger charge is 2.25. The Balaban J connectivity index is 3.95. The van der Waals surface area contributed by atoms with Crippen LogP contribution >= 0.6 is 0 Å². The minimum Gasteiger partial charge on any atom is -0.379 e. The summed E-state index contributed by atoms with van der Waals surface area (Å²) in [5.41, 5.74) is 4.62. The fraction of sp³-hybridized carbons (Fsp3) is 0.833. The molecule has 0 heterocycles. The van der Waals surface area contributed by atoms with Crippen LogP contribution in [0.25, 0.3) is 0 Å². The van der Waals surface area contributed by atoms with Gasteiger partial charge in [0.25, 0.3) is 0 Å². The van der Waals surface area contributed by atoms with Crippen LogP contribution < -0.4 is 5.73 Å². The largest absolute Gasteiger partial charge is 0.379 e. The number of hydrogen-bond donors (Lipinski definition) is 1. The molecule has 2 N–H and O–H groups in total. The quantitative estimate of drug-likeness (QED) is 0.546. The molecular formula is C6H13NO2. The third kappa shape index (κ3) is 2.11. The molecular weight excluding hydrogens is 118 g/mol. The summed E-state index contributed by atoms with van der Waals surface area (Å²) >= 11 is 0. The van der Waals surface area contributed by atoms with E-state index in [1.165, 1.54) is 7.11 Å². The van der Waals surface area contributed by atoms with Crippen LogP contribution in [0.5, 0.6) is 0 Å². The Hall–Kier alpha value is -0.410. The maximum Gasteiger partial charge on any atom is 0.142 e. The Kier molecular flexibility index (Phi) is 2.81. The van der Waals surface area contributed by atoms with Crippen molar-refractivity contribution in [3.05, 3.63) is 0 Å². The number of carbonyl (C=O) groups excluding carboxylic acids is 1. The van der Waals surface area contributed by atoms with Crippen molar-refractivity contribution in [2.75, 3.05) is 7.11 Å². The number of ether oxygens (including phenoxy) is 1. The summed E-state index contributed by atoms with van der Waals surface area (Å²) in [5.74, 6) is 0. The second kappa shape index (κ2) is 2.94. The van der Waals surface area contributed by atoms with Gasteiger partial charge in [-0.15, -0.1) is 0 Å². The number of methoxy groups -OCH3 is 1. The molecule has 0 aliphatic rings. The predicted molar refractivity (Wildman–Crippen MR) is 35.1 cm³/mol. The van der Waals surface area contributed by atoms with E-state index in [0.717, 1.165) is 0 Å². The molecule has 2 atom stereocenters. The van der Waals surface area contributed by atoms with E-state index in [1.807, 2.05) is 0 Å². The van der Waals surface area contributed by atoms with E-state index in [1.54, 1.807) is 13.8 Å². The fourth-order valence-electron chi connectivity index (χ4n) is 0.350. The van der Waals surface area contributed by atoms with Crippen molar-refractivity contribution in [1.29, 1.82) is 0 Å². The molecule has 0 aliphatic carbocycles. The van der Waals surface area contributed by atoms with Crippen LogP contribution in [0.3, 0.4) is 0 Å². The van der Waals surface area contributed by atoms with Crippen molar-refractivity contribution in [3.8, 4) is 0 Å². The highest BCUT2D eigenvalue weighted by atomic mass is 16.5. The van der Waals surface area contributed by atoms with Crippen LogP contribution in [0.4, 0.5) is 0 Å². The minimum atomic E-state index is -0.852. The lowest BCUT2D eigenvalue weighted by molar-refractivity contribution is -0.115. The molecule has 9 heavy (non-hydrogen) atoms. The first-order chi connectivity index (χ1) is 4.04. The zero-order chi connectivity index (χ0) is 7.49. The number of hydrogen-bond acceptors (Lipinski definition) is 3. The van der Waals surface area contributed by atoms with Gasteiger partial charge in [0.05, 0.1) is 11.6 Å². The van der Waals surface area contributed by atoms with Gasteiger partial charge < -0.3 is 15.3 Å². The van der Waals surface area contributed by atoms with Gasteiger partial charge in [-0.05, 0) is 13.8 Å². The van der Waals surface area contributed by atoms with Gasteiger partial charge in [0, 0.05) is 7.11 Å². The molecule has 0 rings (SSSR count). The lowest BCUT2D eigenvalue weighted by Gasteiger charge is -2.23. The van der Waals surface area contributed by atoms with Crippen LogP contribution in [0, 0.1) is 0 Å². The van der Waals surface area contributed by atoms with E-state index in [0.29, 0.717) is 6.29 Å². The maximum absolute atomic E-state index is 10.2. The standard InChI is InChI=1S/C6H13NO2/c1-5(9-3)6(2,7)4-8/h4-5H,7H2,1-3H3. The molecule has 0 aliphatic heterocycles. The van der Waals surface area contributed by atoms with Gasteiger partial charge >= 0.3 is 0 Å². The number of rotatable bonds is 3. The predicted octanol–water partition coefficient (Wildman–Crippen LogP) is -0.0624. The molecule has 0 aromatic rings. The first-order valence-electron chi connectivity index (χ1n) is 2.82. The van der Waals surface area contributed by atoms with Gasteiger partial charge in [-0.25, -0.2) is 0 Å². The van der Waals surface area contributed by atoms with E-state index < -0.39 is 5.54 Å². The molecule has 0 saturated carbocycles. The number of aldehydes is 1. The molecule has 0 amide bonds. The van der Waals surface area contributed by atoms with Gasteiger partial charge in [0.1, 0.15) is 6.29 Å². The SMILES string of the molecule is COC(C)C(C)(N)C=O. The van der Waals surface area contributed by atoms with E-state index >= 15 is 0 Å². The molecule has 3 heteroatoms. The summed E-state index contributed by atoms with van der Waals surface area (Å²) in [6.07, 6.45) is 0.469. The van der Waals surface area contributed by atoms with Crippen molar-refractivity contribution < 1.29 is 9.53 Å². The zero-order valence-electron chi connectivity index (χ0n) is 6.05. The average molecular weight is 131 g/mol. The maximum atomic E-state index is 10.2. The summed E-state index contributed by atoms with van der Waals surface area (Å²) in [6, 6.07) is 0. The van der Waals surface area contributed by atoms with Gasteiger partial charge in [-0.3, -0.25) is 0 Å². The molecule has 0 fully saturated rings. The van der Waals surface area contributed by atoms with Crippen molar-refractivity contribution >= 4 is 6.29 Å². The van der Waals surface area contributed by atoms with Crippen molar-refractivity contribution in [2.24, 2.45) is 5.73 Å². The minimum absolute atomic E-state index is 0.227. The summed E-state index contributed by atoms with van der Waals surface area (Å²) in [6.45, 7) is 3.39. The average Bonchev–Trinajstić information content (AvgIpc) is 1.86. The summed E-state index contributed by atoms with van der Waals surface area (Å²) < 4.78 is 4.85. The molecule has 0 aromatic carbocycles. The normalized spacial score (nSPS) is 20.4. The highest BCUT2D eigenvalue weighted by molar-refractivity contribution is 5.63. The molecule has 0 bridgehead atoms. The smallest absolute Gasteiger partial charge is 0.142 e. The fourth-order valence-corrected chi connectivity index (χ4v) is 0.350. The topological polar surface area (TPSA) is 52.3 Å². The Morgan fingerprint density at radius 3 is 2.33 bits per heavy atom. The first kappa shape index (κ1) is 8.59. The van der Waals surface area contributed by atoms with E-state index in [2.05, 4.69) is 0 Å². The summed E-state index contributed by atoms with van der Waals surface area (Å²) in [5, 5.41) is 0. The van der Waals surface area contributed by atoms with E-state index in [-0.39, 0.29) is 6.10 Å². The molecule has 2 unspecified atom stereocenters.